The number of ether oxygens (including phenoxy) is 2. The lowest BCUT2D eigenvalue weighted by Gasteiger charge is -2.31. The Kier molecular flexibility index (Phi) is 3.92. The highest BCUT2D eigenvalue weighted by atomic mass is 35.5. The van der Waals surface area contributed by atoms with E-state index < -0.39 is 11.1 Å². The molecule has 0 aromatic heterocycles. The van der Waals surface area contributed by atoms with Crippen LogP contribution in [0.15, 0.2) is 42.5 Å². The molecule has 0 bridgehead atoms. The SMILES string of the molecule is COc1ccc(C(Cl)(c2ccc3c(c2)CCO3)C(F)(F)F)cc1. The average Bonchev–Trinajstić information content (AvgIpc) is 3.00. The molecule has 0 saturated carbocycles. The van der Waals surface area contributed by atoms with Gasteiger partial charge in [0.25, 0.3) is 0 Å². The van der Waals surface area contributed by atoms with Gasteiger partial charge in [-0.25, -0.2) is 0 Å². The van der Waals surface area contributed by atoms with Crippen LogP contribution in [-0.4, -0.2) is 19.9 Å². The molecule has 2 aromatic rings. The summed E-state index contributed by atoms with van der Waals surface area (Å²) in [5.41, 5.74) is 0.678. The summed E-state index contributed by atoms with van der Waals surface area (Å²) in [6, 6.07) is 10.0. The van der Waals surface area contributed by atoms with Crippen molar-refractivity contribution in [1.29, 1.82) is 0 Å². The maximum absolute atomic E-state index is 13.8. The number of alkyl halides is 4. The maximum atomic E-state index is 13.8. The highest BCUT2D eigenvalue weighted by molar-refractivity contribution is 6.26. The summed E-state index contributed by atoms with van der Waals surface area (Å²) < 4.78 is 51.8. The molecule has 0 fully saturated rings. The molecule has 6 heteroatoms. The smallest absolute Gasteiger partial charge is 0.415 e. The largest absolute Gasteiger partial charge is 0.497 e. The number of halogens is 4. The summed E-state index contributed by atoms with van der Waals surface area (Å²) in [6.45, 7) is 0.475. The minimum atomic E-state index is -4.66. The molecule has 0 spiro atoms. The Labute approximate surface area is 136 Å². The summed E-state index contributed by atoms with van der Waals surface area (Å²) >= 11 is 6.16. The summed E-state index contributed by atoms with van der Waals surface area (Å²) in [6.07, 6.45) is -4.08. The van der Waals surface area contributed by atoms with Gasteiger partial charge in [-0.15, -0.1) is 0 Å². The van der Waals surface area contributed by atoms with Crippen molar-refractivity contribution in [2.24, 2.45) is 0 Å². The Balaban J connectivity index is 2.13. The van der Waals surface area contributed by atoms with E-state index >= 15 is 0 Å². The van der Waals surface area contributed by atoms with Gasteiger partial charge in [-0.05, 0) is 41.0 Å². The highest BCUT2D eigenvalue weighted by Gasteiger charge is 2.56. The lowest BCUT2D eigenvalue weighted by molar-refractivity contribution is -0.154. The molecule has 2 nitrogen and oxygen atoms in total. The van der Waals surface area contributed by atoms with E-state index in [9.17, 15) is 13.2 Å². The Morgan fingerprint density at radius 3 is 2.30 bits per heavy atom. The van der Waals surface area contributed by atoms with Gasteiger partial charge < -0.3 is 9.47 Å². The number of benzene rings is 2. The minimum Gasteiger partial charge on any atom is -0.497 e. The molecule has 122 valence electrons. The van der Waals surface area contributed by atoms with E-state index in [0.29, 0.717) is 24.5 Å². The van der Waals surface area contributed by atoms with Crippen molar-refractivity contribution < 1.29 is 22.6 Å². The fourth-order valence-corrected chi connectivity index (χ4v) is 2.96. The Morgan fingerprint density at radius 1 is 1.04 bits per heavy atom. The van der Waals surface area contributed by atoms with Gasteiger partial charge in [0.15, 0.2) is 4.87 Å². The van der Waals surface area contributed by atoms with Gasteiger partial charge >= 0.3 is 6.18 Å². The van der Waals surface area contributed by atoms with Crippen LogP contribution in [0.4, 0.5) is 13.2 Å². The number of rotatable bonds is 3. The Hall–Kier alpha value is -1.88. The minimum absolute atomic E-state index is 0.0129. The zero-order chi connectivity index (χ0) is 16.7. The second-order valence-corrected chi connectivity index (χ2v) is 5.87. The molecular weight excluding hydrogens is 329 g/mol. The predicted molar refractivity (Wildman–Crippen MR) is 81.3 cm³/mol. The normalized spacial score (nSPS) is 16.4. The highest BCUT2D eigenvalue weighted by Crippen LogP contribution is 2.50. The van der Waals surface area contributed by atoms with E-state index in [2.05, 4.69) is 0 Å². The van der Waals surface area contributed by atoms with Crippen molar-refractivity contribution in [3.8, 4) is 11.5 Å². The van der Waals surface area contributed by atoms with Crippen molar-refractivity contribution >= 4 is 11.6 Å². The summed E-state index contributed by atoms with van der Waals surface area (Å²) in [4.78, 5) is -2.61. The first-order chi connectivity index (χ1) is 10.9. The van der Waals surface area contributed by atoms with Crippen molar-refractivity contribution in [3.05, 3.63) is 59.2 Å². The van der Waals surface area contributed by atoms with Crippen LogP contribution in [0.2, 0.25) is 0 Å². The molecule has 0 N–H and O–H groups in total. The van der Waals surface area contributed by atoms with Crippen LogP contribution in [0, 0.1) is 0 Å². The topological polar surface area (TPSA) is 18.5 Å². The fraction of sp³-hybridized carbons (Fsp3) is 0.294. The van der Waals surface area contributed by atoms with Gasteiger partial charge in [0, 0.05) is 6.42 Å². The van der Waals surface area contributed by atoms with Gasteiger partial charge in [0.1, 0.15) is 11.5 Å². The molecule has 1 atom stereocenters. The molecule has 1 aliphatic rings. The second-order valence-electron chi connectivity index (χ2n) is 5.31. The van der Waals surface area contributed by atoms with Crippen molar-refractivity contribution in [1.82, 2.24) is 0 Å². The molecule has 1 heterocycles. The van der Waals surface area contributed by atoms with E-state index in [1.165, 1.54) is 43.5 Å². The number of methoxy groups -OCH3 is 1. The molecule has 0 saturated heterocycles. The fourth-order valence-electron chi connectivity index (χ4n) is 2.72. The van der Waals surface area contributed by atoms with Crippen LogP contribution in [0.1, 0.15) is 16.7 Å². The van der Waals surface area contributed by atoms with Gasteiger partial charge in [0.2, 0.25) is 0 Å². The van der Waals surface area contributed by atoms with Crippen molar-refractivity contribution in [3.63, 3.8) is 0 Å². The van der Waals surface area contributed by atoms with Crippen LogP contribution in [-0.2, 0) is 11.3 Å². The molecule has 1 unspecified atom stereocenters. The zero-order valence-electron chi connectivity index (χ0n) is 12.3. The molecule has 3 rings (SSSR count). The Bertz CT molecular complexity index is 713. The van der Waals surface area contributed by atoms with Gasteiger partial charge in [-0.2, -0.15) is 13.2 Å². The van der Waals surface area contributed by atoms with E-state index in [4.69, 9.17) is 21.1 Å². The third-order valence-corrected chi connectivity index (χ3v) is 4.62. The van der Waals surface area contributed by atoms with Crippen LogP contribution in [0.3, 0.4) is 0 Å². The third-order valence-electron chi connectivity index (χ3n) is 3.97. The lowest BCUT2D eigenvalue weighted by Crippen LogP contribution is -2.38. The molecular formula is C17H14ClF3O2. The lowest BCUT2D eigenvalue weighted by atomic mass is 9.88. The van der Waals surface area contributed by atoms with E-state index in [1.54, 1.807) is 6.07 Å². The predicted octanol–water partition coefficient (Wildman–Crippen LogP) is 4.67. The van der Waals surface area contributed by atoms with E-state index in [1.807, 2.05) is 0 Å². The second kappa shape index (κ2) is 5.64. The van der Waals surface area contributed by atoms with Gasteiger partial charge in [0.05, 0.1) is 13.7 Å². The Morgan fingerprint density at radius 2 is 1.70 bits per heavy atom. The van der Waals surface area contributed by atoms with E-state index in [0.717, 1.165) is 5.56 Å². The number of fused-ring (bicyclic) bond motifs is 1. The molecule has 0 aliphatic carbocycles. The van der Waals surface area contributed by atoms with Gasteiger partial charge in [-0.3, -0.25) is 0 Å². The van der Waals surface area contributed by atoms with Crippen LogP contribution in [0.5, 0.6) is 11.5 Å². The number of hydrogen-bond acceptors (Lipinski definition) is 2. The van der Waals surface area contributed by atoms with Crippen LogP contribution in [0.25, 0.3) is 0 Å². The average molecular weight is 343 g/mol. The van der Waals surface area contributed by atoms with Gasteiger partial charge in [-0.1, -0.05) is 29.8 Å². The molecule has 2 aromatic carbocycles. The molecule has 0 radical (unpaired) electrons. The maximum Gasteiger partial charge on any atom is 0.415 e. The summed E-state index contributed by atoms with van der Waals surface area (Å²) in [7, 11) is 1.45. The third kappa shape index (κ3) is 2.63. The summed E-state index contributed by atoms with van der Waals surface area (Å²) in [5, 5.41) is 0. The molecule has 0 amide bonds. The first-order valence-electron chi connectivity index (χ1n) is 7.02. The van der Waals surface area contributed by atoms with Crippen LogP contribution >= 0.6 is 11.6 Å². The van der Waals surface area contributed by atoms with Crippen molar-refractivity contribution in [2.45, 2.75) is 17.5 Å². The zero-order valence-corrected chi connectivity index (χ0v) is 13.0. The van der Waals surface area contributed by atoms with Crippen LogP contribution < -0.4 is 9.47 Å². The standard InChI is InChI=1S/C17H14ClF3O2/c1-22-14-5-2-12(3-6-14)16(18,17(19,20)21)13-4-7-15-11(10-13)8-9-23-15/h2-7,10H,8-9H2,1H3. The first-order valence-corrected chi connectivity index (χ1v) is 7.40. The summed E-state index contributed by atoms with van der Waals surface area (Å²) in [5.74, 6) is 1.09. The molecule has 23 heavy (non-hydrogen) atoms. The first kappa shape index (κ1) is 16.0. The van der Waals surface area contributed by atoms with Crippen molar-refractivity contribution in [2.75, 3.05) is 13.7 Å². The quantitative estimate of drug-likeness (QED) is 0.754. The van der Waals surface area contributed by atoms with E-state index in [-0.39, 0.29) is 11.1 Å². The monoisotopic (exact) mass is 342 g/mol. The number of hydrogen-bond donors (Lipinski definition) is 0. The molecule has 1 aliphatic heterocycles.